The molecule has 0 bridgehead atoms. The Balaban J connectivity index is 1.93. The van der Waals surface area contributed by atoms with Gasteiger partial charge in [-0.2, -0.15) is 0 Å². The molecule has 1 aliphatic rings. The van der Waals surface area contributed by atoms with Gasteiger partial charge in [-0.15, -0.1) is 0 Å². The van der Waals surface area contributed by atoms with Gasteiger partial charge in [0.1, 0.15) is 5.82 Å². The summed E-state index contributed by atoms with van der Waals surface area (Å²) >= 11 is 0. The highest BCUT2D eigenvalue weighted by Crippen LogP contribution is 2.23. The standard InChI is InChI=1S/C15H24N2O2/c1-14(2,3)12-4-5-13(16-10-12)17-11-15(18)6-8-19-9-7-15/h4-5,10,18H,6-9,11H2,1-3H3,(H,16,17). The molecule has 0 spiro atoms. The van der Waals surface area contributed by atoms with Crippen LogP contribution in [0.1, 0.15) is 39.2 Å². The van der Waals surface area contributed by atoms with Crippen molar-refractivity contribution in [2.45, 2.75) is 44.6 Å². The number of hydrogen-bond donors (Lipinski definition) is 2. The summed E-state index contributed by atoms with van der Waals surface area (Å²) in [4.78, 5) is 4.41. The van der Waals surface area contributed by atoms with Crippen molar-refractivity contribution in [3.8, 4) is 0 Å². The van der Waals surface area contributed by atoms with Gasteiger partial charge in [0.25, 0.3) is 0 Å². The maximum Gasteiger partial charge on any atom is 0.125 e. The minimum atomic E-state index is -0.664. The van der Waals surface area contributed by atoms with Crippen LogP contribution in [0.25, 0.3) is 0 Å². The molecule has 1 fully saturated rings. The Morgan fingerprint density at radius 2 is 2.00 bits per heavy atom. The fraction of sp³-hybridized carbons (Fsp3) is 0.667. The molecule has 1 saturated heterocycles. The van der Waals surface area contributed by atoms with Crippen molar-refractivity contribution in [1.82, 2.24) is 4.98 Å². The Morgan fingerprint density at radius 3 is 2.53 bits per heavy atom. The predicted molar refractivity (Wildman–Crippen MR) is 76.4 cm³/mol. The molecule has 0 atom stereocenters. The summed E-state index contributed by atoms with van der Waals surface area (Å²) in [7, 11) is 0. The molecule has 4 heteroatoms. The Kier molecular flexibility index (Phi) is 4.11. The van der Waals surface area contributed by atoms with Gasteiger partial charge >= 0.3 is 0 Å². The van der Waals surface area contributed by atoms with Gasteiger partial charge in [0.05, 0.1) is 5.60 Å². The number of nitrogens with one attached hydrogen (secondary N) is 1. The molecule has 2 N–H and O–H groups in total. The summed E-state index contributed by atoms with van der Waals surface area (Å²) in [6, 6.07) is 4.06. The second kappa shape index (κ2) is 5.47. The van der Waals surface area contributed by atoms with Gasteiger partial charge in [0.15, 0.2) is 0 Å². The molecule has 0 aromatic carbocycles. The maximum absolute atomic E-state index is 10.3. The lowest BCUT2D eigenvalue weighted by Crippen LogP contribution is -2.42. The molecule has 0 amide bonds. The fourth-order valence-corrected chi connectivity index (χ4v) is 2.13. The normalized spacial score (nSPS) is 19.2. The highest BCUT2D eigenvalue weighted by Gasteiger charge is 2.29. The van der Waals surface area contributed by atoms with Crippen LogP contribution in [-0.2, 0) is 10.2 Å². The zero-order valence-corrected chi connectivity index (χ0v) is 12.1. The Morgan fingerprint density at radius 1 is 1.32 bits per heavy atom. The second-order valence-electron chi connectivity index (χ2n) is 6.37. The number of hydrogen-bond acceptors (Lipinski definition) is 4. The van der Waals surface area contributed by atoms with Crippen LogP contribution in [0.2, 0.25) is 0 Å². The average molecular weight is 264 g/mol. The zero-order valence-electron chi connectivity index (χ0n) is 12.1. The lowest BCUT2D eigenvalue weighted by Gasteiger charge is -2.32. The second-order valence-corrected chi connectivity index (χ2v) is 6.37. The topological polar surface area (TPSA) is 54.4 Å². The van der Waals surface area contributed by atoms with E-state index in [2.05, 4.69) is 37.1 Å². The summed E-state index contributed by atoms with van der Waals surface area (Å²) < 4.78 is 5.27. The Bertz CT molecular complexity index is 403. The van der Waals surface area contributed by atoms with Crippen LogP contribution in [-0.4, -0.2) is 35.5 Å². The van der Waals surface area contributed by atoms with Crippen molar-refractivity contribution in [2.75, 3.05) is 25.1 Å². The van der Waals surface area contributed by atoms with Crippen LogP contribution < -0.4 is 5.32 Å². The van der Waals surface area contributed by atoms with Gasteiger partial charge in [-0.25, -0.2) is 4.98 Å². The first-order valence-electron chi connectivity index (χ1n) is 6.90. The zero-order chi connectivity index (χ0) is 13.9. The van der Waals surface area contributed by atoms with Gasteiger partial charge in [-0.05, 0) is 17.0 Å². The van der Waals surface area contributed by atoms with Crippen molar-refractivity contribution in [3.63, 3.8) is 0 Å². The summed E-state index contributed by atoms with van der Waals surface area (Å²) in [6.07, 6.45) is 3.26. The number of anilines is 1. The number of aliphatic hydroxyl groups is 1. The molecule has 0 aliphatic carbocycles. The van der Waals surface area contributed by atoms with Crippen LogP contribution in [0.3, 0.4) is 0 Å². The van der Waals surface area contributed by atoms with Gasteiger partial charge in [0.2, 0.25) is 0 Å². The van der Waals surface area contributed by atoms with E-state index in [0.29, 0.717) is 32.6 Å². The molecule has 1 aromatic rings. The number of aromatic nitrogens is 1. The SMILES string of the molecule is CC(C)(C)c1ccc(NCC2(O)CCOCC2)nc1. The van der Waals surface area contributed by atoms with E-state index in [9.17, 15) is 5.11 Å². The van der Waals surface area contributed by atoms with E-state index in [1.165, 1.54) is 5.56 Å². The predicted octanol–water partition coefficient (Wildman–Crippen LogP) is 2.33. The van der Waals surface area contributed by atoms with Crippen molar-refractivity contribution in [2.24, 2.45) is 0 Å². The van der Waals surface area contributed by atoms with Crippen LogP contribution >= 0.6 is 0 Å². The summed E-state index contributed by atoms with van der Waals surface area (Å²) in [5, 5.41) is 13.6. The molecule has 2 heterocycles. The number of pyridine rings is 1. The third-order valence-electron chi connectivity index (χ3n) is 3.65. The molecule has 19 heavy (non-hydrogen) atoms. The lowest BCUT2D eigenvalue weighted by molar-refractivity contribution is -0.0543. The largest absolute Gasteiger partial charge is 0.388 e. The monoisotopic (exact) mass is 264 g/mol. The Hall–Kier alpha value is -1.13. The van der Waals surface area contributed by atoms with Gasteiger partial charge in [0, 0.05) is 38.8 Å². The molecule has 0 radical (unpaired) electrons. The molecule has 2 rings (SSSR count). The fourth-order valence-electron chi connectivity index (χ4n) is 2.13. The van der Waals surface area contributed by atoms with Gasteiger partial charge < -0.3 is 15.2 Å². The van der Waals surface area contributed by atoms with E-state index in [1.807, 2.05) is 12.3 Å². The van der Waals surface area contributed by atoms with Gasteiger partial charge in [-0.1, -0.05) is 26.8 Å². The van der Waals surface area contributed by atoms with Crippen LogP contribution in [0.4, 0.5) is 5.82 Å². The smallest absolute Gasteiger partial charge is 0.125 e. The molecule has 4 nitrogen and oxygen atoms in total. The third-order valence-corrected chi connectivity index (χ3v) is 3.65. The van der Waals surface area contributed by atoms with E-state index in [0.717, 1.165) is 5.82 Å². The van der Waals surface area contributed by atoms with Crippen molar-refractivity contribution in [3.05, 3.63) is 23.9 Å². The summed E-state index contributed by atoms with van der Waals surface area (Å²) in [6.45, 7) is 8.30. The molecule has 0 saturated carbocycles. The minimum Gasteiger partial charge on any atom is -0.388 e. The summed E-state index contributed by atoms with van der Waals surface area (Å²) in [5.41, 5.74) is 0.662. The van der Waals surface area contributed by atoms with Crippen LogP contribution in [0, 0.1) is 0 Å². The first kappa shape index (κ1) is 14.3. The van der Waals surface area contributed by atoms with Crippen LogP contribution in [0.5, 0.6) is 0 Å². The van der Waals surface area contributed by atoms with E-state index < -0.39 is 5.60 Å². The molecule has 0 unspecified atom stereocenters. The first-order chi connectivity index (χ1) is 8.89. The number of ether oxygens (including phenoxy) is 1. The van der Waals surface area contributed by atoms with E-state index in [-0.39, 0.29) is 5.41 Å². The van der Waals surface area contributed by atoms with E-state index in [1.54, 1.807) is 0 Å². The molecule has 1 aromatic heterocycles. The van der Waals surface area contributed by atoms with E-state index >= 15 is 0 Å². The highest BCUT2D eigenvalue weighted by atomic mass is 16.5. The third kappa shape index (κ3) is 3.91. The number of nitrogens with zero attached hydrogens (tertiary/aromatic N) is 1. The average Bonchev–Trinajstić information content (AvgIpc) is 2.37. The van der Waals surface area contributed by atoms with Crippen molar-refractivity contribution < 1.29 is 9.84 Å². The minimum absolute atomic E-state index is 0.116. The highest BCUT2D eigenvalue weighted by molar-refractivity contribution is 5.37. The molecule has 1 aliphatic heterocycles. The lowest BCUT2D eigenvalue weighted by atomic mass is 9.88. The molecule has 106 valence electrons. The Labute approximate surface area is 115 Å². The molecular weight excluding hydrogens is 240 g/mol. The quantitative estimate of drug-likeness (QED) is 0.880. The number of rotatable bonds is 3. The van der Waals surface area contributed by atoms with Crippen molar-refractivity contribution in [1.29, 1.82) is 0 Å². The first-order valence-corrected chi connectivity index (χ1v) is 6.90. The summed E-state index contributed by atoms with van der Waals surface area (Å²) in [5.74, 6) is 0.813. The molecular formula is C15H24N2O2. The van der Waals surface area contributed by atoms with Crippen molar-refractivity contribution >= 4 is 5.82 Å². The van der Waals surface area contributed by atoms with Gasteiger partial charge in [-0.3, -0.25) is 0 Å². The van der Waals surface area contributed by atoms with E-state index in [4.69, 9.17) is 4.74 Å². The van der Waals surface area contributed by atoms with Crippen LogP contribution in [0.15, 0.2) is 18.3 Å². The maximum atomic E-state index is 10.3.